The molecule has 2 rings (SSSR count). The SMILES string of the molecule is CCOC(=O)C1(C)CCN(c2ncc(OC/C(=C/F)CNC(=O)OC(C)(C)C)cn2)CC1. The van der Waals surface area contributed by atoms with Gasteiger partial charge in [-0.05, 0) is 47.5 Å². The van der Waals surface area contributed by atoms with E-state index >= 15 is 0 Å². The number of esters is 1. The van der Waals surface area contributed by atoms with Gasteiger partial charge in [-0.15, -0.1) is 0 Å². The van der Waals surface area contributed by atoms with Crippen LogP contribution in [0.2, 0.25) is 0 Å². The molecule has 0 spiro atoms. The van der Waals surface area contributed by atoms with Crippen molar-refractivity contribution in [1.82, 2.24) is 15.3 Å². The quantitative estimate of drug-likeness (QED) is 0.599. The first kappa shape index (κ1) is 25.4. The number of hydrogen-bond donors (Lipinski definition) is 1. The van der Waals surface area contributed by atoms with Crippen molar-refractivity contribution < 1.29 is 28.2 Å². The summed E-state index contributed by atoms with van der Waals surface area (Å²) in [5.74, 6) is 0.747. The third kappa shape index (κ3) is 7.65. The number of anilines is 1. The smallest absolute Gasteiger partial charge is 0.407 e. The maximum Gasteiger partial charge on any atom is 0.407 e. The van der Waals surface area contributed by atoms with E-state index < -0.39 is 17.1 Å². The number of nitrogens with zero attached hydrogens (tertiary/aromatic N) is 3. The molecule has 0 unspecified atom stereocenters. The number of nitrogens with one attached hydrogen (secondary N) is 1. The molecule has 1 aromatic rings. The highest BCUT2D eigenvalue weighted by molar-refractivity contribution is 5.76. The second-order valence-corrected chi connectivity index (χ2v) is 8.90. The maximum atomic E-state index is 13.1. The van der Waals surface area contributed by atoms with Crippen LogP contribution in [0.1, 0.15) is 47.5 Å². The monoisotopic (exact) mass is 452 g/mol. The van der Waals surface area contributed by atoms with Gasteiger partial charge in [-0.25, -0.2) is 19.2 Å². The average Bonchev–Trinajstić information content (AvgIpc) is 2.74. The van der Waals surface area contributed by atoms with Crippen molar-refractivity contribution in [2.45, 2.75) is 53.1 Å². The first-order valence-corrected chi connectivity index (χ1v) is 10.7. The van der Waals surface area contributed by atoms with E-state index in [1.807, 2.05) is 11.8 Å². The van der Waals surface area contributed by atoms with Gasteiger partial charge in [-0.3, -0.25) is 4.79 Å². The summed E-state index contributed by atoms with van der Waals surface area (Å²) in [6, 6.07) is 0. The van der Waals surface area contributed by atoms with Gasteiger partial charge in [0, 0.05) is 25.2 Å². The normalized spacial score (nSPS) is 16.3. The summed E-state index contributed by atoms with van der Waals surface area (Å²) in [7, 11) is 0. The predicted octanol–water partition coefficient (Wildman–Crippen LogP) is 3.40. The first-order valence-electron chi connectivity index (χ1n) is 10.7. The molecule has 10 heteroatoms. The van der Waals surface area contributed by atoms with Crippen molar-refractivity contribution in [2.24, 2.45) is 5.41 Å². The Hall–Kier alpha value is -2.91. The third-order valence-corrected chi connectivity index (χ3v) is 4.97. The molecule has 1 aromatic heterocycles. The van der Waals surface area contributed by atoms with Crippen molar-refractivity contribution in [2.75, 3.05) is 37.7 Å². The molecule has 1 aliphatic rings. The van der Waals surface area contributed by atoms with E-state index in [0.717, 1.165) is 0 Å². The van der Waals surface area contributed by atoms with Crippen LogP contribution in [0, 0.1) is 5.41 Å². The van der Waals surface area contributed by atoms with Gasteiger partial charge in [0.15, 0.2) is 5.75 Å². The Labute approximate surface area is 188 Å². The minimum atomic E-state index is -0.634. The fraction of sp³-hybridized carbons (Fsp3) is 0.636. The Balaban J connectivity index is 1.81. The van der Waals surface area contributed by atoms with Crippen LogP contribution < -0.4 is 15.0 Å². The van der Waals surface area contributed by atoms with Gasteiger partial charge in [-0.2, -0.15) is 0 Å². The minimum Gasteiger partial charge on any atom is -0.486 e. The standard InChI is InChI=1S/C22H33FN4O5/c1-6-30-18(28)22(5)7-9-27(10-8-22)19-24-13-17(14-25-19)31-15-16(11-23)12-26-20(29)32-21(2,3)4/h11,13-14H,6-10,12,15H2,1-5H3,(H,26,29)/b16-11+. The van der Waals surface area contributed by atoms with Crippen LogP contribution in [0.3, 0.4) is 0 Å². The average molecular weight is 453 g/mol. The lowest BCUT2D eigenvalue weighted by Gasteiger charge is -2.37. The van der Waals surface area contributed by atoms with Gasteiger partial charge in [0.05, 0.1) is 30.7 Å². The van der Waals surface area contributed by atoms with Gasteiger partial charge >= 0.3 is 12.1 Å². The third-order valence-electron chi connectivity index (χ3n) is 4.97. The van der Waals surface area contributed by atoms with Gasteiger partial charge in [-0.1, -0.05) is 0 Å². The van der Waals surface area contributed by atoms with Crippen LogP contribution >= 0.6 is 0 Å². The van der Waals surface area contributed by atoms with Crippen molar-refractivity contribution in [3.63, 3.8) is 0 Å². The minimum absolute atomic E-state index is 0.0443. The van der Waals surface area contributed by atoms with Crippen LogP contribution in [0.4, 0.5) is 15.1 Å². The molecule has 9 nitrogen and oxygen atoms in total. The number of halogens is 1. The van der Waals surface area contributed by atoms with E-state index in [4.69, 9.17) is 14.2 Å². The lowest BCUT2D eigenvalue weighted by atomic mass is 9.80. The number of carbonyl (C=O) groups excluding carboxylic acids is 2. The molecule has 1 amide bonds. The number of hydrogen-bond acceptors (Lipinski definition) is 8. The highest BCUT2D eigenvalue weighted by Crippen LogP contribution is 2.33. The summed E-state index contributed by atoms with van der Waals surface area (Å²) in [4.78, 5) is 34.5. The van der Waals surface area contributed by atoms with E-state index in [2.05, 4.69) is 15.3 Å². The van der Waals surface area contributed by atoms with Gasteiger partial charge in [0.25, 0.3) is 0 Å². The Kier molecular flexibility index (Phi) is 8.80. The first-order chi connectivity index (χ1) is 15.1. The van der Waals surface area contributed by atoms with Gasteiger partial charge < -0.3 is 24.4 Å². The maximum absolute atomic E-state index is 13.1. The number of piperidine rings is 1. The van der Waals surface area contributed by atoms with E-state index in [0.29, 0.717) is 50.6 Å². The summed E-state index contributed by atoms with van der Waals surface area (Å²) in [6.45, 7) is 10.5. The zero-order valence-corrected chi connectivity index (χ0v) is 19.4. The fourth-order valence-electron chi connectivity index (χ4n) is 3.05. The number of alkyl carbamates (subject to hydrolysis) is 1. The lowest BCUT2D eigenvalue weighted by Crippen LogP contribution is -2.44. The molecule has 1 N–H and O–H groups in total. The van der Waals surface area contributed by atoms with Crippen molar-refractivity contribution >= 4 is 18.0 Å². The summed E-state index contributed by atoms with van der Waals surface area (Å²) in [6.07, 6.45) is 4.09. The number of ether oxygens (including phenoxy) is 3. The second kappa shape index (κ2) is 11.1. The molecule has 1 aliphatic heterocycles. The van der Waals surface area contributed by atoms with Crippen LogP contribution in [0.25, 0.3) is 0 Å². The Morgan fingerprint density at radius 1 is 1.25 bits per heavy atom. The molecule has 1 saturated heterocycles. The largest absolute Gasteiger partial charge is 0.486 e. The zero-order chi connectivity index (χ0) is 23.8. The zero-order valence-electron chi connectivity index (χ0n) is 19.4. The molecule has 0 aliphatic carbocycles. The topological polar surface area (TPSA) is 103 Å². The highest BCUT2D eigenvalue weighted by Gasteiger charge is 2.38. The van der Waals surface area contributed by atoms with E-state index in [9.17, 15) is 14.0 Å². The molecule has 1 fully saturated rings. The Morgan fingerprint density at radius 2 is 1.88 bits per heavy atom. The molecule has 0 radical (unpaired) electrons. The molecular formula is C22H33FN4O5. The van der Waals surface area contributed by atoms with Crippen LogP contribution in [0.15, 0.2) is 24.3 Å². The van der Waals surface area contributed by atoms with E-state index in [1.54, 1.807) is 27.7 Å². The van der Waals surface area contributed by atoms with E-state index in [1.165, 1.54) is 12.4 Å². The summed E-state index contributed by atoms with van der Waals surface area (Å²) >= 11 is 0. The van der Waals surface area contributed by atoms with Crippen LogP contribution in [-0.4, -0.2) is 60.5 Å². The van der Waals surface area contributed by atoms with Crippen molar-refractivity contribution in [3.8, 4) is 5.75 Å². The van der Waals surface area contributed by atoms with E-state index in [-0.39, 0.29) is 24.7 Å². The molecule has 2 heterocycles. The van der Waals surface area contributed by atoms with Crippen molar-refractivity contribution in [3.05, 3.63) is 24.3 Å². The lowest BCUT2D eigenvalue weighted by molar-refractivity contribution is -0.155. The molecule has 0 saturated carbocycles. The fourth-order valence-corrected chi connectivity index (χ4v) is 3.05. The Morgan fingerprint density at radius 3 is 2.41 bits per heavy atom. The molecule has 32 heavy (non-hydrogen) atoms. The molecular weight excluding hydrogens is 419 g/mol. The summed E-state index contributed by atoms with van der Waals surface area (Å²) < 4.78 is 28.9. The van der Waals surface area contributed by atoms with Crippen LogP contribution in [-0.2, 0) is 14.3 Å². The number of rotatable bonds is 8. The number of amides is 1. The Bertz CT molecular complexity index is 800. The molecule has 0 atom stereocenters. The second-order valence-electron chi connectivity index (χ2n) is 8.90. The predicted molar refractivity (Wildman–Crippen MR) is 117 cm³/mol. The molecule has 0 bridgehead atoms. The number of aromatic nitrogens is 2. The van der Waals surface area contributed by atoms with Gasteiger partial charge in [0.2, 0.25) is 5.95 Å². The molecule has 0 aromatic carbocycles. The van der Waals surface area contributed by atoms with Crippen molar-refractivity contribution in [1.29, 1.82) is 0 Å². The number of carbonyl (C=O) groups is 2. The summed E-state index contributed by atoms with van der Waals surface area (Å²) in [5, 5.41) is 2.48. The molecule has 178 valence electrons. The summed E-state index contributed by atoms with van der Waals surface area (Å²) in [5.41, 5.74) is -0.891. The van der Waals surface area contributed by atoms with Gasteiger partial charge in [0.1, 0.15) is 12.2 Å². The highest BCUT2D eigenvalue weighted by atomic mass is 19.1. The van der Waals surface area contributed by atoms with Crippen LogP contribution in [0.5, 0.6) is 5.75 Å².